The molecular weight excluding hydrogens is 663 g/mol. The molecule has 0 saturated heterocycles. The first-order valence-corrected chi connectivity index (χ1v) is 20.3. The van der Waals surface area contributed by atoms with Crippen molar-refractivity contribution in [2.75, 3.05) is 4.90 Å². The fourth-order valence-electron chi connectivity index (χ4n) is 11.4. The van der Waals surface area contributed by atoms with E-state index in [1.54, 1.807) is 5.57 Å². The molecule has 0 N–H and O–H groups in total. The normalized spacial score (nSPS) is 25.8. The van der Waals surface area contributed by atoms with E-state index in [0.29, 0.717) is 17.8 Å². The van der Waals surface area contributed by atoms with Crippen LogP contribution in [-0.2, 0) is 10.8 Å². The van der Waals surface area contributed by atoms with Crippen molar-refractivity contribution in [1.29, 1.82) is 0 Å². The lowest BCUT2D eigenvalue weighted by Crippen LogP contribution is -2.36. The van der Waals surface area contributed by atoms with Gasteiger partial charge in [-0.1, -0.05) is 166 Å². The molecule has 0 saturated carbocycles. The zero-order valence-electron chi connectivity index (χ0n) is 32.3. The molecule has 0 amide bonds. The third-order valence-corrected chi connectivity index (χ3v) is 13.9. The van der Waals surface area contributed by atoms with Gasteiger partial charge in [-0.25, -0.2) is 0 Å². The Morgan fingerprint density at radius 3 is 2.20 bits per heavy atom. The highest BCUT2D eigenvalue weighted by Crippen LogP contribution is 2.66. The number of fused-ring (bicyclic) bond motifs is 12. The number of hydrogen-bond acceptors (Lipinski definition) is 1. The minimum atomic E-state index is -0.198. The maximum atomic E-state index is 2.65. The molecule has 6 aliphatic carbocycles. The minimum absolute atomic E-state index is 0.0561. The zero-order valence-corrected chi connectivity index (χ0v) is 32.3. The lowest BCUT2D eigenvalue weighted by Gasteiger charge is -2.40. The average molecular weight is 710 g/mol. The summed E-state index contributed by atoms with van der Waals surface area (Å²) in [5.41, 5.74) is 20.7. The van der Waals surface area contributed by atoms with Gasteiger partial charge in [0.2, 0.25) is 0 Å². The van der Waals surface area contributed by atoms with Gasteiger partial charge in [0.15, 0.2) is 0 Å². The largest absolute Gasteiger partial charge is 0.334 e. The van der Waals surface area contributed by atoms with E-state index in [2.05, 4.69) is 196 Å². The third kappa shape index (κ3) is 4.59. The van der Waals surface area contributed by atoms with Crippen molar-refractivity contribution < 1.29 is 0 Å². The molecule has 1 nitrogen and oxygen atoms in total. The highest BCUT2D eigenvalue weighted by Gasteiger charge is 2.58. The molecule has 1 heteroatoms. The van der Waals surface area contributed by atoms with Gasteiger partial charge in [-0.05, 0) is 117 Å². The van der Waals surface area contributed by atoms with Crippen molar-refractivity contribution in [3.63, 3.8) is 0 Å². The van der Waals surface area contributed by atoms with Gasteiger partial charge in [0.1, 0.15) is 0 Å². The second kappa shape index (κ2) is 11.9. The monoisotopic (exact) mass is 709 g/mol. The molecule has 0 radical (unpaired) electrons. The summed E-state index contributed by atoms with van der Waals surface area (Å²) in [6.45, 7) is 9.36. The van der Waals surface area contributed by atoms with Crippen LogP contribution in [0.1, 0.15) is 78.5 Å². The van der Waals surface area contributed by atoms with Gasteiger partial charge < -0.3 is 4.90 Å². The van der Waals surface area contributed by atoms with Crippen LogP contribution in [0.15, 0.2) is 175 Å². The molecule has 6 aliphatic rings. The Bertz CT molecular complexity index is 2600. The average Bonchev–Trinajstić information content (AvgIpc) is 3.77. The van der Waals surface area contributed by atoms with Crippen LogP contribution in [0.5, 0.6) is 0 Å². The first kappa shape index (κ1) is 32.7. The van der Waals surface area contributed by atoms with Crippen molar-refractivity contribution in [2.45, 2.75) is 63.3 Å². The Morgan fingerprint density at radius 1 is 0.673 bits per heavy atom. The first-order valence-electron chi connectivity index (χ1n) is 20.3. The number of rotatable bonds is 4. The van der Waals surface area contributed by atoms with Gasteiger partial charge in [0.05, 0.1) is 11.5 Å². The predicted octanol–water partition coefficient (Wildman–Crippen LogP) is 13.4. The van der Waals surface area contributed by atoms with Gasteiger partial charge >= 0.3 is 0 Å². The van der Waals surface area contributed by atoms with Crippen LogP contribution in [0.2, 0.25) is 0 Å². The fourth-order valence-corrected chi connectivity index (χ4v) is 11.4. The maximum absolute atomic E-state index is 2.65. The molecule has 5 aromatic rings. The van der Waals surface area contributed by atoms with E-state index in [4.69, 9.17) is 0 Å². The Morgan fingerprint density at radius 2 is 1.38 bits per heavy atom. The Balaban J connectivity index is 1.10. The van der Waals surface area contributed by atoms with Crippen LogP contribution in [0.25, 0.3) is 22.3 Å². The molecule has 0 fully saturated rings. The van der Waals surface area contributed by atoms with Crippen LogP contribution in [0.3, 0.4) is 0 Å². The number of hydrogen-bond donors (Lipinski definition) is 0. The molecule has 0 heterocycles. The summed E-state index contributed by atoms with van der Waals surface area (Å²) in [6, 6.07) is 44.3. The SMILES string of the molecule is Cc1ccc(-c2ccc(N(c3ccc4c(c3)C3(C5=C4C=CC(C)C5)c4ccccc4C4C=CC=CC43)C3C=C4C(=CC3)c3ccccc3C4(C)C)cc2)cc1. The van der Waals surface area contributed by atoms with E-state index < -0.39 is 0 Å². The molecule has 1 spiro atoms. The van der Waals surface area contributed by atoms with Crippen LogP contribution in [-0.4, -0.2) is 6.04 Å². The summed E-state index contributed by atoms with van der Waals surface area (Å²) >= 11 is 0. The summed E-state index contributed by atoms with van der Waals surface area (Å²) in [7, 11) is 0. The first-order chi connectivity index (χ1) is 26.8. The van der Waals surface area contributed by atoms with E-state index in [1.807, 2.05) is 0 Å². The number of nitrogens with zero attached hydrogens (tertiary/aromatic N) is 1. The summed E-state index contributed by atoms with van der Waals surface area (Å²) in [4.78, 5) is 2.65. The van der Waals surface area contributed by atoms with E-state index in [9.17, 15) is 0 Å². The van der Waals surface area contributed by atoms with E-state index in [0.717, 1.165) is 12.8 Å². The summed E-state index contributed by atoms with van der Waals surface area (Å²) < 4.78 is 0. The molecule has 0 aliphatic heterocycles. The van der Waals surface area contributed by atoms with Crippen LogP contribution in [0, 0.1) is 18.8 Å². The van der Waals surface area contributed by atoms with Crippen LogP contribution < -0.4 is 4.90 Å². The van der Waals surface area contributed by atoms with Crippen molar-refractivity contribution in [3.8, 4) is 11.1 Å². The van der Waals surface area contributed by atoms with Gasteiger partial charge in [-0.15, -0.1) is 0 Å². The third-order valence-electron chi connectivity index (χ3n) is 13.9. The molecule has 0 bridgehead atoms. The number of anilines is 2. The lowest BCUT2D eigenvalue weighted by molar-refractivity contribution is 0.434. The van der Waals surface area contributed by atoms with Crippen LogP contribution >= 0.6 is 0 Å². The molecule has 5 unspecified atom stereocenters. The van der Waals surface area contributed by atoms with Crippen molar-refractivity contribution in [1.82, 2.24) is 0 Å². The molecule has 0 aromatic heterocycles. The molecule has 5 atom stereocenters. The summed E-state index contributed by atoms with van der Waals surface area (Å²) in [5, 5.41) is 0. The number of benzene rings is 5. The second-order valence-electron chi connectivity index (χ2n) is 17.3. The Hall–Kier alpha value is -5.66. The molecule has 55 heavy (non-hydrogen) atoms. The van der Waals surface area contributed by atoms with Gasteiger partial charge in [0.25, 0.3) is 0 Å². The van der Waals surface area contributed by atoms with Gasteiger partial charge in [0, 0.05) is 28.6 Å². The number of aryl methyl sites for hydroxylation is 1. The van der Waals surface area contributed by atoms with Gasteiger partial charge in [-0.3, -0.25) is 0 Å². The Labute approximate surface area is 326 Å². The van der Waals surface area contributed by atoms with E-state index >= 15 is 0 Å². The van der Waals surface area contributed by atoms with Crippen molar-refractivity contribution in [3.05, 3.63) is 214 Å². The fraction of sp³-hybridized carbons (Fsp3) is 0.222. The summed E-state index contributed by atoms with van der Waals surface area (Å²) in [5.74, 6) is 1.22. The van der Waals surface area contributed by atoms with Crippen molar-refractivity contribution >= 4 is 22.5 Å². The highest BCUT2D eigenvalue weighted by atomic mass is 15.2. The van der Waals surface area contributed by atoms with E-state index in [-0.39, 0.29) is 16.9 Å². The van der Waals surface area contributed by atoms with Crippen LogP contribution in [0.4, 0.5) is 11.4 Å². The zero-order chi connectivity index (χ0) is 37.1. The van der Waals surface area contributed by atoms with E-state index in [1.165, 1.54) is 78.2 Å². The highest BCUT2D eigenvalue weighted by molar-refractivity contribution is 5.93. The molecule has 268 valence electrons. The standard InChI is InChI=1S/C54H47N/c1-34-17-20-36(21-18-34)37-22-24-38(25-23-37)55(39-26-29-44-41-11-5-8-14-47(41)53(3,4)50(44)32-39)40-27-30-46-45-28-19-35(2)31-51(45)54(52(46)33-40)48-15-9-6-12-42(48)43-13-7-10-16-49(43)54/h5-25,27-30,32-33,35,39,42,48H,26,31H2,1-4H3. The lowest BCUT2D eigenvalue weighted by atomic mass is 9.63. The predicted molar refractivity (Wildman–Crippen MR) is 231 cm³/mol. The molecule has 5 aromatic carbocycles. The smallest absolute Gasteiger partial charge is 0.0563 e. The molecule has 11 rings (SSSR count). The quantitative estimate of drug-likeness (QED) is 0.180. The summed E-state index contributed by atoms with van der Waals surface area (Å²) in [6.07, 6.45) is 21.6. The molecular formula is C54H47N. The maximum Gasteiger partial charge on any atom is 0.0563 e. The topological polar surface area (TPSA) is 3.24 Å². The number of allylic oxidation sites excluding steroid dienone is 10. The second-order valence-corrected chi connectivity index (χ2v) is 17.3. The van der Waals surface area contributed by atoms with Gasteiger partial charge in [-0.2, -0.15) is 0 Å². The Kier molecular flexibility index (Phi) is 7.10. The van der Waals surface area contributed by atoms with Crippen molar-refractivity contribution in [2.24, 2.45) is 11.8 Å². The minimum Gasteiger partial charge on any atom is -0.334 e.